The second-order valence-corrected chi connectivity index (χ2v) is 8.66. The number of rotatable bonds is 5. The van der Waals surface area contributed by atoms with Crippen molar-refractivity contribution in [3.05, 3.63) is 51.9 Å². The minimum atomic E-state index is -1.01. The molecule has 0 spiro atoms. The van der Waals surface area contributed by atoms with E-state index in [4.69, 9.17) is 18.6 Å². The van der Waals surface area contributed by atoms with Crippen LogP contribution in [0.15, 0.2) is 45.1 Å². The molecule has 2 unspecified atom stereocenters. The van der Waals surface area contributed by atoms with Crippen molar-refractivity contribution >= 4 is 22.9 Å². The molecule has 166 valence electrons. The Balaban J connectivity index is 2.18. The number of benzene rings is 1. The number of carbonyl (C=O) groups excluding carboxylic acids is 2. The Morgan fingerprint density at radius 3 is 2.48 bits per heavy atom. The summed E-state index contributed by atoms with van der Waals surface area (Å²) in [5, 5.41) is 0.640. The highest BCUT2D eigenvalue weighted by molar-refractivity contribution is 5.88. The van der Waals surface area contributed by atoms with Crippen LogP contribution >= 0.6 is 0 Å². The van der Waals surface area contributed by atoms with E-state index in [2.05, 4.69) is 0 Å². The van der Waals surface area contributed by atoms with E-state index in [-0.39, 0.29) is 17.9 Å². The lowest BCUT2D eigenvalue weighted by atomic mass is 9.87. The van der Waals surface area contributed by atoms with Gasteiger partial charge < -0.3 is 18.6 Å². The number of esters is 2. The zero-order valence-electron chi connectivity index (χ0n) is 18.7. The molecule has 0 amide bonds. The Morgan fingerprint density at radius 2 is 1.84 bits per heavy atom. The van der Waals surface area contributed by atoms with Gasteiger partial charge in [0.2, 0.25) is 0 Å². The number of fused-ring (bicyclic) bond motifs is 3. The Kier molecular flexibility index (Phi) is 6.25. The summed E-state index contributed by atoms with van der Waals surface area (Å²) in [6.45, 7) is 10.7. The summed E-state index contributed by atoms with van der Waals surface area (Å²) in [7, 11) is 0. The summed E-state index contributed by atoms with van der Waals surface area (Å²) < 4.78 is 23.2. The summed E-state index contributed by atoms with van der Waals surface area (Å²) in [6, 6.07) is 6.43. The zero-order chi connectivity index (χ0) is 22.9. The highest BCUT2D eigenvalue weighted by atomic mass is 16.6. The van der Waals surface area contributed by atoms with Gasteiger partial charge in [0.1, 0.15) is 16.9 Å². The maximum Gasteiger partial charge on any atom is 0.336 e. The summed E-state index contributed by atoms with van der Waals surface area (Å²) in [6.07, 6.45) is -0.139. The van der Waals surface area contributed by atoms with Gasteiger partial charge in [-0.15, -0.1) is 0 Å². The van der Waals surface area contributed by atoms with Crippen LogP contribution in [0.2, 0.25) is 0 Å². The maximum absolute atomic E-state index is 12.7. The predicted octanol–water partition coefficient (Wildman–Crippen LogP) is 4.47. The fourth-order valence-electron chi connectivity index (χ4n) is 3.53. The van der Waals surface area contributed by atoms with Gasteiger partial charge in [0, 0.05) is 23.4 Å². The van der Waals surface area contributed by atoms with E-state index in [0.29, 0.717) is 22.3 Å². The second kappa shape index (κ2) is 8.57. The first-order chi connectivity index (χ1) is 14.5. The molecule has 1 aromatic carbocycles. The highest BCUT2D eigenvalue weighted by Gasteiger charge is 2.50. The van der Waals surface area contributed by atoms with E-state index in [1.807, 2.05) is 13.8 Å². The van der Waals surface area contributed by atoms with Gasteiger partial charge in [-0.25, -0.2) is 9.59 Å². The molecule has 2 heterocycles. The standard InChI is InChI=1S/C24H28O7/c1-7-14(4)23(27)30-22-21(29-18(26)12-13(2)3)19-16(31-24(22,5)6)10-8-15-9-11-17(25)28-20(15)19/h7-11,13,21-22H,12H2,1-6H3. The van der Waals surface area contributed by atoms with Crippen LogP contribution in [-0.2, 0) is 19.1 Å². The third-order valence-corrected chi connectivity index (χ3v) is 5.23. The third kappa shape index (κ3) is 4.65. The molecule has 2 atom stereocenters. The smallest absolute Gasteiger partial charge is 0.336 e. The lowest BCUT2D eigenvalue weighted by Crippen LogP contribution is -2.52. The average molecular weight is 428 g/mol. The molecule has 0 aliphatic carbocycles. The van der Waals surface area contributed by atoms with E-state index >= 15 is 0 Å². The summed E-state index contributed by atoms with van der Waals surface area (Å²) in [5.74, 6) is -0.497. The molecule has 0 N–H and O–H groups in total. The summed E-state index contributed by atoms with van der Waals surface area (Å²) in [5.41, 5.74) is -0.522. The van der Waals surface area contributed by atoms with Crippen molar-refractivity contribution < 1.29 is 28.2 Å². The van der Waals surface area contributed by atoms with E-state index in [9.17, 15) is 14.4 Å². The lowest BCUT2D eigenvalue weighted by Gasteiger charge is -2.43. The van der Waals surface area contributed by atoms with Gasteiger partial charge >= 0.3 is 17.6 Å². The molecular weight excluding hydrogens is 400 g/mol. The first kappa shape index (κ1) is 22.6. The van der Waals surface area contributed by atoms with Gasteiger partial charge in [0.15, 0.2) is 12.2 Å². The topological polar surface area (TPSA) is 92.0 Å². The molecule has 1 aromatic heterocycles. The molecule has 1 aliphatic rings. The number of carbonyl (C=O) groups is 2. The van der Waals surface area contributed by atoms with Gasteiger partial charge in [-0.05, 0) is 51.8 Å². The number of hydrogen-bond acceptors (Lipinski definition) is 7. The van der Waals surface area contributed by atoms with Crippen LogP contribution in [-0.4, -0.2) is 23.6 Å². The zero-order valence-corrected chi connectivity index (χ0v) is 18.7. The normalized spacial score (nSPS) is 20.2. The van der Waals surface area contributed by atoms with Crippen molar-refractivity contribution in [2.24, 2.45) is 5.92 Å². The van der Waals surface area contributed by atoms with E-state index in [1.165, 1.54) is 6.07 Å². The quantitative estimate of drug-likeness (QED) is 0.394. The molecule has 0 saturated carbocycles. The van der Waals surface area contributed by atoms with Gasteiger partial charge in [-0.3, -0.25) is 4.79 Å². The SMILES string of the molecule is CC=C(C)C(=O)OC1C(OC(=O)CC(C)C)c2c(ccc3ccc(=O)oc23)OC1(C)C. The Hall–Kier alpha value is -3.09. The number of ether oxygens (including phenoxy) is 3. The molecule has 2 aromatic rings. The van der Waals surface area contributed by atoms with E-state index < -0.39 is 35.4 Å². The Labute approximate surface area is 181 Å². The van der Waals surface area contributed by atoms with Crippen molar-refractivity contribution in [2.75, 3.05) is 0 Å². The Morgan fingerprint density at radius 1 is 1.16 bits per heavy atom. The number of allylic oxidation sites excluding steroid dienone is 1. The summed E-state index contributed by atoms with van der Waals surface area (Å²) in [4.78, 5) is 37.2. The minimum absolute atomic E-state index is 0.0801. The van der Waals surface area contributed by atoms with Gasteiger partial charge in [0.25, 0.3) is 0 Å². The van der Waals surface area contributed by atoms with Gasteiger partial charge in [0.05, 0.1) is 5.56 Å². The monoisotopic (exact) mass is 428 g/mol. The van der Waals surface area contributed by atoms with Crippen molar-refractivity contribution in [1.29, 1.82) is 0 Å². The lowest BCUT2D eigenvalue weighted by molar-refractivity contribution is -0.188. The molecule has 7 nitrogen and oxygen atoms in total. The fraction of sp³-hybridized carbons (Fsp3) is 0.458. The molecular formula is C24H28O7. The van der Waals surface area contributed by atoms with Gasteiger partial charge in [-0.2, -0.15) is 0 Å². The van der Waals surface area contributed by atoms with Crippen molar-refractivity contribution in [3.8, 4) is 5.75 Å². The first-order valence-electron chi connectivity index (χ1n) is 10.3. The van der Waals surface area contributed by atoms with Crippen LogP contribution < -0.4 is 10.4 Å². The van der Waals surface area contributed by atoms with Crippen molar-refractivity contribution in [2.45, 2.75) is 65.8 Å². The summed E-state index contributed by atoms with van der Waals surface area (Å²) >= 11 is 0. The Bertz CT molecular complexity index is 1090. The van der Waals surface area contributed by atoms with Crippen molar-refractivity contribution in [1.82, 2.24) is 0 Å². The van der Waals surface area contributed by atoms with Crippen LogP contribution in [0.3, 0.4) is 0 Å². The molecule has 7 heteroatoms. The third-order valence-electron chi connectivity index (χ3n) is 5.23. The second-order valence-electron chi connectivity index (χ2n) is 8.66. The largest absolute Gasteiger partial charge is 0.483 e. The average Bonchev–Trinajstić information content (AvgIpc) is 2.68. The predicted molar refractivity (Wildman–Crippen MR) is 115 cm³/mol. The van der Waals surface area contributed by atoms with E-state index in [0.717, 1.165) is 0 Å². The molecule has 0 radical (unpaired) electrons. The molecule has 0 fully saturated rings. The fourth-order valence-corrected chi connectivity index (χ4v) is 3.53. The first-order valence-corrected chi connectivity index (χ1v) is 10.3. The van der Waals surface area contributed by atoms with Crippen LogP contribution in [0.1, 0.15) is 59.6 Å². The highest BCUT2D eigenvalue weighted by Crippen LogP contribution is 2.46. The maximum atomic E-state index is 12.7. The molecule has 3 rings (SSSR count). The molecule has 0 saturated heterocycles. The van der Waals surface area contributed by atoms with Crippen LogP contribution in [0.5, 0.6) is 5.75 Å². The molecule has 0 bridgehead atoms. The van der Waals surface area contributed by atoms with Crippen LogP contribution in [0.4, 0.5) is 0 Å². The van der Waals surface area contributed by atoms with Gasteiger partial charge in [-0.1, -0.05) is 19.9 Å². The molecule has 31 heavy (non-hydrogen) atoms. The minimum Gasteiger partial charge on any atom is -0.483 e. The number of hydrogen-bond donors (Lipinski definition) is 0. The van der Waals surface area contributed by atoms with Crippen molar-refractivity contribution in [3.63, 3.8) is 0 Å². The molecule has 1 aliphatic heterocycles. The van der Waals surface area contributed by atoms with Crippen LogP contribution in [0, 0.1) is 5.92 Å². The van der Waals surface area contributed by atoms with E-state index in [1.54, 1.807) is 52.0 Å². The van der Waals surface area contributed by atoms with Crippen LogP contribution in [0.25, 0.3) is 11.0 Å².